The van der Waals surface area contributed by atoms with E-state index in [1.165, 1.54) is 0 Å². The van der Waals surface area contributed by atoms with E-state index >= 15 is 0 Å². The van der Waals surface area contributed by atoms with E-state index in [0.717, 1.165) is 19.3 Å². The monoisotopic (exact) mass is 174 g/mol. The number of carbonyl (C=O) groups is 1. The largest absolute Gasteiger partial charge is 0.295 e. The van der Waals surface area contributed by atoms with Crippen LogP contribution in [0.2, 0.25) is 0 Å². The summed E-state index contributed by atoms with van der Waals surface area (Å²) in [6.07, 6.45) is 7.03. The maximum absolute atomic E-state index is 10.9. The summed E-state index contributed by atoms with van der Waals surface area (Å²) < 4.78 is 0. The van der Waals surface area contributed by atoms with Crippen molar-refractivity contribution in [2.24, 2.45) is 0 Å². The summed E-state index contributed by atoms with van der Waals surface area (Å²) in [5.41, 5.74) is 0. The molecule has 0 aromatic carbocycles. The van der Waals surface area contributed by atoms with Crippen LogP contribution in [-0.4, -0.2) is 11.7 Å². The average Bonchev–Trinajstić information content (AvgIpc) is 1.99. The van der Waals surface area contributed by atoms with Crippen molar-refractivity contribution in [2.75, 3.05) is 5.88 Å². The Bertz CT molecular complexity index is 130. The van der Waals surface area contributed by atoms with Gasteiger partial charge in [0.2, 0.25) is 0 Å². The van der Waals surface area contributed by atoms with Crippen molar-refractivity contribution in [3.8, 4) is 0 Å². The molecule has 0 bridgehead atoms. The highest BCUT2D eigenvalue weighted by atomic mass is 35.5. The normalized spacial score (nSPS) is 10.7. The van der Waals surface area contributed by atoms with Crippen LogP contribution in [0.5, 0.6) is 0 Å². The van der Waals surface area contributed by atoms with E-state index in [2.05, 4.69) is 0 Å². The molecule has 0 aromatic heterocycles. The van der Waals surface area contributed by atoms with Gasteiger partial charge in [-0.3, -0.25) is 4.79 Å². The van der Waals surface area contributed by atoms with Crippen molar-refractivity contribution in [3.63, 3.8) is 0 Å². The molecule has 0 heterocycles. The van der Waals surface area contributed by atoms with Crippen molar-refractivity contribution in [2.45, 2.75) is 32.6 Å². The predicted octanol–water partition coefficient (Wildman–Crippen LogP) is 2.93. The van der Waals surface area contributed by atoms with Crippen LogP contribution in [-0.2, 0) is 4.79 Å². The lowest BCUT2D eigenvalue weighted by molar-refractivity contribution is -0.114. The zero-order chi connectivity index (χ0) is 8.53. The van der Waals surface area contributed by atoms with Crippen LogP contribution in [0.1, 0.15) is 32.6 Å². The first kappa shape index (κ1) is 10.7. The fourth-order valence-electron chi connectivity index (χ4n) is 0.740. The predicted molar refractivity (Wildman–Crippen MR) is 49.0 cm³/mol. The number of alkyl halides is 1. The van der Waals surface area contributed by atoms with Crippen LogP contribution in [0, 0.1) is 0 Å². The highest BCUT2D eigenvalue weighted by Crippen LogP contribution is 1.95. The fraction of sp³-hybridized carbons (Fsp3) is 0.667. The molecule has 64 valence electrons. The lowest BCUT2D eigenvalue weighted by Crippen LogP contribution is -1.89. The van der Waals surface area contributed by atoms with Gasteiger partial charge in [0.05, 0.1) is 0 Å². The number of rotatable bonds is 6. The summed E-state index contributed by atoms with van der Waals surface area (Å²) in [6, 6.07) is 0. The maximum atomic E-state index is 10.9. The molecule has 1 nitrogen and oxygen atoms in total. The second-order valence-electron chi connectivity index (χ2n) is 2.45. The van der Waals surface area contributed by atoms with Gasteiger partial charge in [0.25, 0.3) is 0 Å². The average molecular weight is 175 g/mol. The van der Waals surface area contributed by atoms with Gasteiger partial charge in [0, 0.05) is 12.3 Å². The molecule has 0 aliphatic carbocycles. The topological polar surface area (TPSA) is 17.1 Å². The van der Waals surface area contributed by atoms with Crippen LogP contribution in [0.25, 0.3) is 0 Å². The van der Waals surface area contributed by atoms with Gasteiger partial charge in [-0.05, 0) is 25.3 Å². The van der Waals surface area contributed by atoms with E-state index in [9.17, 15) is 4.79 Å². The second kappa shape index (κ2) is 7.80. The molecule has 0 saturated carbocycles. The SMILES string of the molecule is CCCC(=O)/C=C/CCCCl. The van der Waals surface area contributed by atoms with Gasteiger partial charge < -0.3 is 0 Å². The smallest absolute Gasteiger partial charge is 0.155 e. The Kier molecular flexibility index (Phi) is 7.59. The first-order valence-corrected chi connectivity index (χ1v) is 4.60. The molecule has 0 N–H and O–H groups in total. The Balaban J connectivity index is 3.32. The van der Waals surface area contributed by atoms with Crippen LogP contribution in [0.3, 0.4) is 0 Å². The summed E-state index contributed by atoms with van der Waals surface area (Å²) in [5, 5.41) is 0. The lowest BCUT2D eigenvalue weighted by atomic mass is 10.2. The van der Waals surface area contributed by atoms with Crippen LogP contribution in [0.4, 0.5) is 0 Å². The molecule has 0 rings (SSSR count). The minimum absolute atomic E-state index is 0.224. The third-order valence-electron chi connectivity index (χ3n) is 1.30. The number of unbranched alkanes of at least 4 members (excludes halogenated alkanes) is 1. The zero-order valence-electron chi connectivity index (χ0n) is 6.98. The molecule has 0 amide bonds. The van der Waals surface area contributed by atoms with Gasteiger partial charge >= 0.3 is 0 Å². The molecule has 2 heteroatoms. The molecule has 0 aliphatic heterocycles. The van der Waals surface area contributed by atoms with Crippen LogP contribution in [0.15, 0.2) is 12.2 Å². The van der Waals surface area contributed by atoms with Crippen LogP contribution < -0.4 is 0 Å². The molecule has 0 fully saturated rings. The highest BCUT2D eigenvalue weighted by molar-refractivity contribution is 6.17. The number of hydrogen-bond acceptors (Lipinski definition) is 1. The Morgan fingerprint density at radius 1 is 1.55 bits per heavy atom. The number of hydrogen-bond donors (Lipinski definition) is 0. The van der Waals surface area contributed by atoms with Crippen molar-refractivity contribution >= 4 is 17.4 Å². The Morgan fingerprint density at radius 2 is 2.27 bits per heavy atom. The number of carbonyl (C=O) groups excluding carboxylic acids is 1. The fourth-order valence-corrected chi connectivity index (χ4v) is 0.894. The van der Waals surface area contributed by atoms with E-state index in [-0.39, 0.29) is 5.78 Å². The molecule has 0 radical (unpaired) electrons. The summed E-state index contributed by atoms with van der Waals surface area (Å²) >= 11 is 5.46. The quantitative estimate of drug-likeness (QED) is 0.344. The summed E-state index contributed by atoms with van der Waals surface area (Å²) in [4.78, 5) is 10.9. The third-order valence-corrected chi connectivity index (χ3v) is 1.57. The van der Waals surface area contributed by atoms with Crippen LogP contribution >= 0.6 is 11.6 Å². The summed E-state index contributed by atoms with van der Waals surface area (Å²) in [7, 11) is 0. The Hall–Kier alpha value is -0.300. The summed E-state index contributed by atoms with van der Waals surface area (Å²) in [6.45, 7) is 2.00. The molecule has 0 atom stereocenters. The van der Waals surface area contributed by atoms with Gasteiger partial charge in [-0.2, -0.15) is 0 Å². The van der Waals surface area contributed by atoms with E-state index in [4.69, 9.17) is 11.6 Å². The lowest BCUT2D eigenvalue weighted by Gasteiger charge is -1.89. The molecule has 11 heavy (non-hydrogen) atoms. The molecule has 0 unspecified atom stereocenters. The molecule has 0 aliphatic rings. The standard InChI is InChI=1S/C9H15ClO/c1-2-6-9(11)7-4-3-5-8-10/h4,7H,2-3,5-6,8H2,1H3/b7-4+. The zero-order valence-corrected chi connectivity index (χ0v) is 7.73. The second-order valence-corrected chi connectivity index (χ2v) is 2.83. The van der Waals surface area contributed by atoms with Gasteiger partial charge in [0.15, 0.2) is 5.78 Å². The van der Waals surface area contributed by atoms with E-state index in [0.29, 0.717) is 12.3 Å². The number of ketones is 1. The van der Waals surface area contributed by atoms with E-state index in [1.807, 2.05) is 13.0 Å². The molecule has 0 spiro atoms. The molecular weight excluding hydrogens is 160 g/mol. The molecule has 0 saturated heterocycles. The Morgan fingerprint density at radius 3 is 2.82 bits per heavy atom. The Labute approximate surface area is 73.4 Å². The molecule has 0 aromatic rings. The van der Waals surface area contributed by atoms with Gasteiger partial charge in [-0.1, -0.05) is 13.0 Å². The van der Waals surface area contributed by atoms with Crippen molar-refractivity contribution in [1.29, 1.82) is 0 Å². The summed E-state index contributed by atoms with van der Waals surface area (Å²) in [5.74, 6) is 0.897. The van der Waals surface area contributed by atoms with Gasteiger partial charge in [0.1, 0.15) is 0 Å². The van der Waals surface area contributed by atoms with Gasteiger partial charge in [-0.15, -0.1) is 11.6 Å². The molecular formula is C9H15ClO. The minimum atomic E-state index is 0.224. The van der Waals surface area contributed by atoms with E-state index in [1.54, 1.807) is 6.08 Å². The number of allylic oxidation sites excluding steroid dienone is 2. The first-order chi connectivity index (χ1) is 5.31. The highest BCUT2D eigenvalue weighted by Gasteiger charge is 1.91. The van der Waals surface area contributed by atoms with Gasteiger partial charge in [-0.25, -0.2) is 0 Å². The van der Waals surface area contributed by atoms with Crippen molar-refractivity contribution < 1.29 is 4.79 Å². The third kappa shape index (κ3) is 7.60. The van der Waals surface area contributed by atoms with E-state index < -0.39 is 0 Å². The minimum Gasteiger partial charge on any atom is -0.295 e. The number of halogens is 1. The van der Waals surface area contributed by atoms with Crippen molar-refractivity contribution in [3.05, 3.63) is 12.2 Å². The first-order valence-electron chi connectivity index (χ1n) is 4.06. The maximum Gasteiger partial charge on any atom is 0.155 e. The van der Waals surface area contributed by atoms with Crippen molar-refractivity contribution in [1.82, 2.24) is 0 Å².